The number of aryl methyl sites for hydroxylation is 2. The van der Waals surface area contributed by atoms with Crippen LogP contribution in [0.1, 0.15) is 33.3 Å². The fraction of sp³-hybridized carbons (Fsp3) is 0.136. The Morgan fingerprint density at radius 3 is 2.50 bits per heavy atom. The van der Waals surface area contributed by atoms with Gasteiger partial charge in [-0.15, -0.1) is 0 Å². The van der Waals surface area contributed by atoms with Crippen molar-refractivity contribution in [1.29, 1.82) is 0 Å². The minimum atomic E-state index is -0.782. The predicted octanol–water partition coefficient (Wildman–Crippen LogP) is 4.07. The largest absolute Gasteiger partial charge is 0.503 e. The Labute approximate surface area is 161 Å². The van der Waals surface area contributed by atoms with Gasteiger partial charge in [-0.1, -0.05) is 6.07 Å². The minimum absolute atomic E-state index is 0.00984. The number of nitrogens with zero attached hydrogens (tertiary/aromatic N) is 2. The van der Waals surface area contributed by atoms with Gasteiger partial charge in [-0.05, 0) is 66.9 Å². The number of carbonyl (C=O) groups is 2. The van der Waals surface area contributed by atoms with Crippen LogP contribution in [0.25, 0.3) is 0 Å². The molecule has 1 amide bonds. The van der Waals surface area contributed by atoms with Crippen molar-refractivity contribution in [3.05, 3.63) is 94.9 Å². The van der Waals surface area contributed by atoms with Gasteiger partial charge in [0.15, 0.2) is 11.5 Å². The van der Waals surface area contributed by atoms with Crippen molar-refractivity contribution in [3.63, 3.8) is 0 Å². The molecule has 1 unspecified atom stereocenters. The minimum Gasteiger partial charge on any atom is -0.503 e. The number of ketones is 1. The van der Waals surface area contributed by atoms with Crippen molar-refractivity contribution in [1.82, 2.24) is 4.98 Å². The Morgan fingerprint density at radius 2 is 1.86 bits per heavy atom. The van der Waals surface area contributed by atoms with Gasteiger partial charge in [0.1, 0.15) is 0 Å². The van der Waals surface area contributed by atoms with E-state index < -0.39 is 23.5 Å². The summed E-state index contributed by atoms with van der Waals surface area (Å²) in [5.41, 5.74) is 3.35. The lowest BCUT2D eigenvalue weighted by atomic mass is 9.95. The van der Waals surface area contributed by atoms with Crippen LogP contribution in [0.3, 0.4) is 0 Å². The van der Waals surface area contributed by atoms with Crippen molar-refractivity contribution in [2.75, 3.05) is 4.90 Å². The molecule has 0 radical (unpaired) electrons. The third-order valence-corrected chi connectivity index (χ3v) is 4.99. The molecule has 1 aromatic carbocycles. The summed E-state index contributed by atoms with van der Waals surface area (Å²) in [5, 5.41) is 10.6. The number of aliphatic hydroxyl groups is 1. The maximum atomic E-state index is 13.0. The van der Waals surface area contributed by atoms with Gasteiger partial charge in [0.05, 0.1) is 17.9 Å². The number of carbonyl (C=O) groups excluding carboxylic acids is 2. The first-order chi connectivity index (χ1) is 13.5. The highest BCUT2D eigenvalue weighted by molar-refractivity contribution is 6.20. The third kappa shape index (κ3) is 2.79. The molecular formula is C22H18N2O4. The number of anilines is 1. The zero-order chi connectivity index (χ0) is 19.8. The molecule has 4 rings (SSSR count). The number of benzene rings is 1. The van der Waals surface area contributed by atoms with Crippen LogP contribution < -0.4 is 4.90 Å². The van der Waals surface area contributed by atoms with Crippen LogP contribution in [0.2, 0.25) is 0 Å². The van der Waals surface area contributed by atoms with Gasteiger partial charge in [0.2, 0.25) is 5.78 Å². The van der Waals surface area contributed by atoms with Crippen LogP contribution in [0.4, 0.5) is 5.69 Å². The number of aliphatic hydroxyl groups excluding tert-OH is 1. The van der Waals surface area contributed by atoms with Crippen LogP contribution in [-0.4, -0.2) is 21.8 Å². The second kappa shape index (κ2) is 6.81. The summed E-state index contributed by atoms with van der Waals surface area (Å²) in [6.45, 7) is 3.93. The zero-order valence-electron chi connectivity index (χ0n) is 15.4. The second-order valence-electron chi connectivity index (χ2n) is 6.70. The van der Waals surface area contributed by atoms with E-state index in [1.807, 2.05) is 32.0 Å². The average Bonchev–Trinajstić information content (AvgIpc) is 3.32. The molecule has 0 fully saturated rings. The van der Waals surface area contributed by atoms with Crippen LogP contribution in [-0.2, 0) is 4.79 Å². The fourth-order valence-electron chi connectivity index (χ4n) is 3.38. The summed E-state index contributed by atoms with van der Waals surface area (Å²) in [5.74, 6) is -1.65. The summed E-state index contributed by atoms with van der Waals surface area (Å²) < 4.78 is 5.21. The number of hydrogen-bond donors (Lipinski definition) is 1. The number of aromatic nitrogens is 1. The molecule has 2 aromatic heterocycles. The van der Waals surface area contributed by atoms with Crippen LogP contribution in [0.5, 0.6) is 0 Å². The van der Waals surface area contributed by atoms with Gasteiger partial charge in [-0.3, -0.25) is 19.5 Å². The lowest BCUT2D eigenvalue weighted by molar-refractivity contribution is -0.117. The monoisotopic (exact) mass is 374 g/mol. The fourth-order valence-corrected chi connectivity index (χ4v) is 3.38. The molecular weight excluding hydrogens is 356 g/mol. The molecule has 0 saturated carbocycles. The van der Waals surface area contributed by atoms with Gasteiger partial charge in [0.25, 0.3) is 5.91 Å². The number of Topliss-reactive ketones (excluding diaryl/α,β-unsaturated/α-hetero) is 1. The van der Waals surface area contributed by atoms with E-state index in [2.05, 4.69) is 4.98 Å². The second-order valence-corrected chi connectivity index (χ2v) is 6.70. The van der Waals surface area contributed by atoms with E-state index >= 15 is 0 Å². The maximum Gasteiger partial charge on any atom is 0.294 e. The smallest absolute Gasteiger partial charge is 0.294 e. The van der Waals surface area contributed by atoms with E-state index in [4.69, 9.17) is 4.42 Å². The Kier molecular flexibility index (Phi) is 4.31. The van der Waals surface area contributed by atoms with Crippen LogP contribution in [0, 0.1) is 13.8 Å². The summed E-state index contributed by atoms with van der Waals surface area (Å²) in [4.78, 5) is 31.5. The molecule has 1 aliphatic heterocycles. The number of rotatable bonds is 4. The van der Waals surface area contributed by atoms with Crippen molar-refractivity contribution in [3.8, 4) is 0 Å². The predicted molar refractivity (Wildman–Crippen MR) is 103 cm³/mol. The molecule has 140 valence electrons. The van der Waals surface area contributed by atoms with Crippen molar-refractivity contribution < 1.29 is 19.1 Å². The Morgan fingerprint density at radius 1 is 1.11 bits per heavy atom. The first-order valence-electron chi connectivity index (χ1n) is 8.81. The average molecular weight is 374 g/mol. The van der Waals surface area contributed by atoms with Crippen molar-refractivity contribution in [2.45, 2.75) is 19.9 Å². The van der Waals surface area contributed by atoms with Gasteiger partial charge < -0.3 is 9.52 Å². The van der Waals surface area contributed by atoms with Crippen molar-refractivity contribution in [2.24, 2.45) is 0 Å². The van der Waals surface area contributed by atoms with Gasteiger partial charge in [-0.2, -0.15) is 0 Å². The lowest BCUT2D eigenvalue weighted by Crippen LogP contribution is -2.31. The quantitative estimate of drug-likeness (QED) is 0.696. The van der Waals surface area contributed by atoms with E-state index in [1.165, 1.54) is 17.2 Å². The molecule has 6 nitrogen and oxygen atoms in total. The normalized spacial score (nSPS) is 16.7. The summed E-state index contributed by atoms with van der Waals surface area (Å²) in [6, 6.07) is 11.3. The maximum absolute atomic E-state index is 13.0. The molecule has 1 aliphatic rings. The van der Waals surface area contributed by atoms with E-state index in [9.17, 15) is 14.7 Å². The summed E-state index contributed by atoms with van der Waals surface area (Å²) in [7, 11) is 0. The number of amides is 1. The SMILES string of the molecule is Cc1ccc(N2C(=O)C(O)=C(C(=O)c3ccco3)C2c2ccncc2)cc1C. The van der Waals surface area contributed by atoms with Gasteiger partial charge in [-0.25, -0.2) is 0 Å². The van der Waals surface area contributed by atoms with E-state index in [0.717, 1.165) is 11.1 Å². The number of furan rings is 1. The van der Waals surface area contributed by atoms with E-state index in [0.29, 0.717) is 11.3 Å². The molecule has 0 aliphatic carbocycles. The zero-order valence-corrected chi connectivity index (χ0v) is 15.4. The van der Waals surface area contributed by atoms with E-state index in [-0.39, 0.29) is 11.3 Å². The lowest BCUT2D eigenvalue weighted by Gasteiger charge is -2.27. The standard InChI is InChI=1S/C22H18N2O4/c1-13-5-6-16(12-14(13)2)24-19(15-7-9-23-10-8-15)18(21(26)22(24)27)20(25)17-4-3-11-28-17/h3-12,19,26H,1-2H3. The van der Waals surface area contributed by atoms with Crippen molar-refractivity contribution >= 4 is 17.4 Å². The van der Waals surface area contributed by atoms with E-state index in [1.54, 1.807) is 30.6 Å². The highest BCUT2D eigenvalue weighted by Gasteiger charge is 2.45. The number of hydrogen-bond acceptors (Lipinski definition) is 5. The molecule has 28 heavy (non-hydrogen) atoms. The van der Waals surface area contributed by atoms with Crippen LogP contribution in [0.15, 0.2) is 76.9 Å². The van der Waals surface area contributed by atoms with Gasteiger partial charge >= 0.3 is 0 Å². The third-order valence-electron chi connectivity index (χ3n) is 4.99. The number of pyridine rings is 1. The topological polar surface area (TPSA) is 83.6 Å². The molecule has 3 aromatic rings. The molecule has 0 saturated heterocycles. The molecule has 1 N–H and O–H groups in total. The summed E-state index contributed by atoms with van der Waals surface area (Å²) >= 11 is 0. The first-order valence-corrected chi connectivity index (χ1v) is 8.81. The van der Waals surface area contributed by atoms with Gasteiger partial charge in [0, 0.05) is 18.1 Å². The highest BCUT2D eigenvalue weighted by atomic mass is 16.3. The molecule has 6 heteroatoms. The highest BCUT2D eigenvalue weighted by Crippen LogP contribution is 2.42. The molecule has 3 heterocycles. The van der Waals surface area contributed by atoms with Crippen LogP contribution >= 0.6 is 0 Å². The Hall–Kier alpha value is -3.67. The molecule has 1 atom stereocenters. The summed E-state index contributed by atoms with van der Waals surface area (Å²) in [6.07, 6.45) is 4.55. The first kappa shape index (κ1) is 17.7. The Balaban J connectivity index is 1.89. The Bertz CT molecular complexity index is 1080. The molecule has 0 bridgehead atoms. The molecule has 0 spiro atoms.